The van der Waals surface area contributed by atoms with Crippen molar-refractivity contribution >= 4 is 61.9 Å². The van der Waals surface area contributed by atoms with E-state index in [9.17, 15) is 0 Å². The third-order valence-corrected chi connectivity index (χ3v) is 5.16. The van der Waals surface area contributed by atoms with Crippen LogP contribution in [0.3, 0.4) is 0 Å². The van der Waals surface area contributed by atoms with Gasteiger partial charge >= 0.3 is 0 Å². The van der Waals surface area contributed by atoms with Crippen LogP contribution < -0.4 is 5.32 Å². The van der Waals surface area contributed by atoms with E-state index in [1.165, 1.54) is 10.1 Å². The topological polar surface area (TPSA) is 12.0 Å². The average Bonchev–Trinajstić information content (AvgIpc) is 2.90. The number of halogens is 3. The molecule has 1 aromatic heterocycles. The molecule has 102 valence electrons. The summed E-state index contributed by atoms with van der Waals surface area (Å²) in [4.78, 5) is 0. The molecule has 1 nitrogen and oxygen atoms in total. The van der Waals surface area contributed by atoms with Crippen LogP contribution in [0, 0.1) is 0 Å². The van der Waals surface area contributed by atoms with Gasteiger partial charge in [0, 0.05) is 27.5 Å². The second-order valence-corrected chi connectivity index (χ2v) is 6.49. The Labute approximate surface area is 136 Å². The highest BCUT2D eigenvalue weighted by Gasteiger charge is 2.09. The van der Waals surface area contributed by atoms with Crippen molar-refractivity contribution in [1.82, 2.24) is 0 Å². The van der Waals surface area contributed by atoms with Crippen LogP contribution in [-0.4, -0.2) is 0 Å². The first-order chi connectivity index (χ1) is 9.65. The van der Waals surface area contributed by atoms with Crippen molar-refractivity contribution in [2.75, 3.05) is 5.32 Å². The quantitative estimate of drug-likeness (QED) is 0.537. The van der Waals surface area contributed by atoms with Crippen LogP contribution in [0.2, 0.25) is 15.1 Å². The van der Waals surface area contributed by atoms with E-state index in [1.54, 1.807) is 23.5 Å². The van der Waals surface area contributed by atoms with Gasteiger partial charge in [0.2, 0.25) is 0 Å². The van der Waals surface area contributed by atoms with E-state index < -0.39 is 0 Å². The summed E-state index contributed by atoms with van der Waals surface area (Å²) in [5.74, 6) is 0. The first-order valence-electron chi connectivity index (χ1n) is 5.98. The van der Waals surface area contributed by atoms with E-state index in [1.807, 2.05) is 6.07 Å². The molecule has 0 atom stereocenters. The summed E-state index contributed by atoms with van der Waals surface area (Å²) in [6.45, 7) is 0.536. The third kappa shape index (κ3) is 2.75. The number of fused-ring (bicyclic) bond motifs is 1. The van der Waals surface area contributed by atoms with Gasteiger partial charge in [0.25, 0.3) is 0 Å². The molecule has 0 aliphatic carbocycles. The van der Waals surface area contributed by atoms with E-state index in [0.29, 0.717) is 21.6 Å². The smallest absolute Gasteiger partial charge is 0.0657 e. The van der Waals surface area contributed by atoms with Crippen LogP contribution in [-0.2, 0) is 6.54 Å². The Bertz CT molecular complexity index is 767. The zero-order chi connectivity index (χ0) is 14.1. The lowest BCUT2D eigenvalue weighted by molar-refractivity contribution is 1.15. The number of hydrogen-bond acceptors (Lipinski definition) is 2. The Balaban J connectivity index is 1.84. The predicted octanol–water partition coefficient (Wildman–Crippen LogP) is 6.47. The SMILES string of the molecule is Clc1ccc(Cl)c(CNc2ccc3sccc3c2)c1Cl. The van der Waals surface area contributed by atoms with E-state index >= 15 is 0 Å². The number of hydrogen-bond donors (Lipinski definition) is 1. The fourth-order valence-corrected chi connectivity index (χ4v) is 3.45. The Kier molecular flexibility index (Phi) is 4.08. The Hall–Kier alpha value is -0.930. The van der Waals surface area contributed by atoms with E-state index in [-0.39, 0.29) is 0 Å². The van der Waals surface area contributed by atoms with Crippen molar-refractivity contribution in [3.63, 3.8) is 0 Å². The van der Waals surface area contributed by atoms with Crippen LogP contribution in [0.15, 0.2) is 41.8 Å². The molecule has 0 fully saturated rings. The molecule has 20 heavy (non-hydrogen) atoms. The third-order valence-electron chi connectivity index (χ3n) is 3.06. The highest BCUT2D eigenvalue weighted by molar-refractivity contribution is 7.17. The van der Waals surface area contributed by atoms with Gasteiger partial charge in [0.1, 0.15) is 0 Å². The van der Waals surface area contributed by atoms with Gasteiger partial charge in [-0.05, 0) is 47.2 Å². The summed E-state index contributed by atoms with van der Waals surface area (Å²) in [7, 11) is 0. The maximum Gasteiger partial charge on any atom is 0.0657 e. The number of thiophene rings is 1. The summed E-state index contributed by atoms with van der Waals surface area (Å²) in [6, 6.07) is 11.8. The van der Waals surface area contributed by atoms with E-state index in [0.717, 1.165) is 11.3 Å². The molecule has 0 amide bonds. The van der Waals surface area contributed by atoms with Gasteiger partial charge in [-0.3, -0.25) is 0 Å². The highest BCUT2D eigenvalue weighted by atomic mass is 35.5. The molecule has 0 radical (unpaired) electrons. The molecule has 1 heterocycles. The fourth-order valence-electron chi connectivity index (χ4n) is 2.00. The Morgan fingerprint density at radius 1 is 0.950 bits per heavy atom. The van der Waals surface area contributed by atoms with Gasteiger partial charge in [-0.2, -0.15) is 0 Å². The highest BCUT2D eigenvalue weighted by Crippen LogP contribution is 2.32. The second kappa shape index (κ2) is 5.82. The molecule has 2 aromatic carbocycles. The monoisotopic (exact) mass is 341 g/mol. The van der Waals surface area contributed by atoms with Gasteiger partial charge in [0.15, 0.2) is 0 Å². The molecule has 0 spiro atoms. The molecule has 0 saturated carbocycles. The first-order valence-corrected chi connectivity index (χ1v) is 8.00. The molecule has 3 aromatic rings. The molecule has 0 aliphatic heterocycles. The van der Waals surface area contributed by atoms with Crippen molar-refractivity contribution in [2.24, 2.45) is 0 Å². The van der Waals surface area contributed by atoms with E-state index in [4.69, 9.17) is 34.8 Å². The van der Waals surface area contributed by atoms with Crippen molar-refractivity contribution < 1.29 is 0 Å². The number of anilines is 1. The second-order valence-electron chi connectivity index (χ2n) is 4.35. The standard InChI is InChI=1S/C15H10Cl3NS/c16-12-2-3-13(17)15(18)11(12)8-19-10-1-4-14-9(7-10)5-6-20-14/h1-7,19H,8H2. The summed E-state index contributed by atoms with van der Waals surface area (Å²) < 4.78 is 1.27. The zero-order valence-corrected chi connectivity index (χ0v) is 13.4. The molecule has 1 N–H and O–H groups in total. The number of rotatable bonds is 3. The van der Waals surface area contributed by atoms with Gasteiger partial charge in [-0.25, -0.2) is 0 Å². The molecule has 5 heteroatoms. The van der Waals surface area contributed by atoms with Gasteiger partial charge in [0.05, 0.1) is 10.0 Å². The largest absolute Gasteiger partial charge is 0.381 e. The minimum atomic E-state index is 0.503. The molecule has 0 saturated heterocycles. The van der Waals surface area contributed by atoms with E-state index in [2.05, 4.69) is 28.9 Å². The number of nitrogens with one attached hydrogen (secondary N) is 1. The number of benzene rings is 2. The molecule has 3 rings (SSSR count). The fraction of sp³-hybridized carbons (Fsp3) is 0.0667. The minimum absolute atomic E-state index is 0.503. The molecule has 0 aliphatic rings. The van der Waals surface area contributed by atoms with Gasteiger partial charge in [-0.1, -0.05) is 34.8 Å². The van der Waals surface area contributed by atoms with Crippen LogP contribution >= 0.6 is 46.1 Å². The van der Waals surface area contributed by atoms with Gasteiger partial charge in [-0.15, -0.1) is 11.3 Å². The van der Waals surface area contributed by atoms with Crippen molar-refractivity contribution in [2.45, 2.75) is 6.54 Å². The normalized spacial score (nSPS) is 10.9. The van der Waals surface area contributed by atoms with Crippen LogP contribution in [0.25, 0.3) is 10.1 Å². The maximum atomic E-state index is 6.19. The van der Waals surface area contributed by atoms with Gasteiger partial charge < -0.3 is 5.32 Å². The van der Waals surface area contributed by atoms with Crippen LogP contribution in [0.4, 0.5) is 5.69 Å². The zero-order valence-electron chi connectivity index (χ0n) is 10.3. The lowest BCUT2D eigenvalue weighted by Crippen LogP contribution is -2.01. The molecule has 0 unspecified atom stereocenters. The lowest BCUT2D eigenvalue weighted by Gasteiger charge is -2.11. The van der Waals surface area contributed by atoms with Crippen LogP contribution in [0.1, 0.15) is 5.56 Å². The minimum Gasteiger partial charge on any atom is -0.381 e. The molecular formula is C15H10Cl3NS. The Morgan fingerprint density at radius 3 is 2.60 bits per heavy atom. The summed E-state index contributed by atoms with van der Waals surface area (Å²) in [6.07, 6.45) is 0. The summed E-state index contributed by atoms with van der Waals surface area (Å²) >= 11 is 20.1. The average molecular weight is 343 g/mol. The van der Waals surface area contributed by atoms with Crippen molar-refractivity contribution in [3.8, 4) is 0 Å². The predicted molar refractivity (Wildman–Crippen MR) is 90.6 cm³/mol. The maximum absolute atomic E-state index is 6.19. The van der Waals surface area contributed by atoms with Crippen molar-refractivity contribution in [3.05, 3.63) is 62.4 Å². The van der Waals surface area contributed by atoms with Crippen LogP contribution in [0.5, 0.6) is 0 Å². The molecular weight excluding hydrogens is 333 g/mol. The molecule has 0 bridgehead atoms. The lowest BCUT2D eigenvalue weighted by atomic mass is 10.2. The summed E-state index contributed by atoms with van der Waals surface area (Å²) in [5.41, 5.74) is 1.84. The summed E-state index contributed by atoms with van der Waals surface area (Å²) in [5, 5.41) is 8.27. The Morgan fingerprint density at radius 2 is 1.75 bits per heavy atom. The first kappa shape index (κ1) is 14.0. The van der Waals surface area contributed by atoms with Crippen molar-refractivity contribution in [1.29, 1.82) is 0 Å².